The van der Waals surface area contributed by atoms with Gasteiger partial charge in [-0.3, -0.25) is 4.79 Å². The average molecular weight is 503 g/mol. The van der Waals surface area contributed by atoms with Gasteiger partial charge >= 0.3 is 11.9 Å². The first-order valence-corrected chi connectivity index (χ1v) is 13.3. The van der Waals surface area contributed by atoms with Gasteiger partial charge in [0.25, 0.3) is 0 Å². The van der Waals surface area contributed by atoms with Gasteiger partial charge in [0, 0.05) is 6.08 Å². The van der Waals surface area contributed by atoms with Crippen molar-refractivity contribution in [1.82, 2.24) is 0 Å². The summed E-state index contributed by atoms with van der Waals surface area (Å²) in [6.45, 7) is 10.0. The zero-order chi connectivity index (χ0) is 26.4. The molecule has 0 radical (unpaired) electrons. The maximum atomic E-state index is 12.9. The van der Waals surface area contributed by atoms with E-state index in [9.17, 15) is 9.59 Å². The Bertz CT molecular complexity index is 1070. The molecule has 0 saturated carbocycles. The number of epoxide rings is 1. The van der Waals surface area contributed by atoms with Crippen LogP contribution in [0.4, 0.5) is 0 Å². The summed E-state index contributed by atoms with van der Waals surface area (Å²) in [5, 5.41) is 0. The summed E-state index contributed by atoms with van der Waals surface area (Å²) < 4.78 is 17.2. The monoisotopic (exact) mass is 502 g/mol. The van der Waals surface area contributed by atoms with Gasteiger partial charge in [0.15, 0.2) is 6.10 Å². The fourth-order valence-corrected chi connectivity index (χ4v) is 5.46. The number of rotatable bonds is 13. The summed E-state index contributed by atoms with van der Waals surface area (Å²) in [6, 6.07) is 19.6. The summed E-state index contributed by atoms with van der Waals surface area (Å²) in [6.07, 6.45) is 7.77. The summed E-state index contributed by atoms with van der Waals surface area (Å²) >= 11 is 0. The first kappa shape index (κ1) is 26.9. The Morgan fingerprint density at radius 3 is 2.27 bits per heavy atom. The van der Waals surface area contributed by atoms with Crippen molar-refractivity contribution in [3.05, 3.63) is 96.1 Å². The highest BCUT2D eigenvalue weighted by Gasteiger charge is 2.53. The summed E-state index contributed by atoms with van der Waals surface area (Å²) in [4.78, 5) is 24.3. The first-order valence-electron chi connectivity index (χ1n) is 13.3. The van der Waals surface area contributed by atoms with Crippen LogP contribution in [0, 0.1) is 11.8 Å². The third-order valence-corrected chi connectivity index (χ3v) is 7.47. The molecular formula is C32H38O5. The maximum Gasteiger partial charge on any atom is 0.331 e. The molecule has 0 N–H and O–H groups in total. The van der Waals surface area contributed by atoms with E-state index in [1.54, 1.807) is 12.2 Å². The quantitative estimate of drug-likeness (QED) is 0.0998. The molecule has 2 saturated heterocycles. The SMILES string of the molecule is C=C[C@H]1C(=O)O[C@@H]1CCCC[C@@H](C)CC1(C)OC1/C(C)=C\C(=O)OC(c1ccccc1)c1ccccc1. The molecule has 0 amide bonds. The van der Waals surface area contributed by atoms with Gasteiger partial charge in [-0.25, -0.2) is 4.79 Å². The van der Waals surface area contributed by atoms with Crippen LogP contribution >= 0.6 is 0 Å². The molecule has 2 fully saturated rings. The van der Waals surface area contributed by atoms with Crippen LogP contribution in [-0.4, -0.2) is 29.7 Å². The number of unbranched alkanes of at least 4 members (excludes halogenated alkanes) is 1. The molecule has 37 heavy (non-hydrogen) atoms. The highest BCUT2D eigenvalue weighted by Crippen LogP contribution is 2.46. The zero-order valence-electron chi connectivity index (χ0n) is 22.1. The Morgan fingerprint density at radius 2 is 1.70 bits per heavy atom. The van der Waals surface area contributed by atoms with Gasteiger partial charge in [0.1, 0.15) is 18.1 Å². The van der Waals surface area contributed by atoms with Gasteiger partial charge in [-0.2, -0.15) is 0 Å². The van der Waals surface area contributed by atoms with Crippen molar-refractivity contribution >= 4 is 11.9 Å². The topological polar surface area (TPSA) is 65.1 Å². The third-order valence-electron chi connectivity index (χ3n) is 7.47. The number of carbonyl (C=O) groups excluding carboxylic acids is 2. The lowest BCUT2D eigenvalue weighted by atomic mass is 9.87. The lowest BCUT2D eigenvalue weighted by Gasteiger charge is -2.33. The molecule has 196 valence electrons. The number of hydrogen-bond donors (Lipinski definition) is 0. The van der Waals surface area contributed by atoms with Gasteiger partial charge in [-0.05, 0) is 55.7 Å². The van der Waals surface area contributed by atoms with E-state index < -0.39 is 6.10 Å². The average Bonchev–Trinajstić information content (AvgIpc) is 3.56. The van der Waals surface area contributed by atoms with Crippen LogP contribution in [0.5, 0.6) is 0 Å². The largest absolute Gasteiger partial charge is 0.461 e. The third kappa shape index (κ3) is 6.78. The molecule has 2 aliphatic heterocycles. The van der Waals surface area contributed by atoms with Crippen LogP contribution in [0.3, 0.4) is 0 Å². The van der Waals surface area contributed by atoms with E-state index in [0.29, 0.717) is 5.92 Å². The minimum Gasteiger partial charge on any atom is -0.461 e. The normalized spacial score (nSPS) is 25.7. The number of esters is 2. The Labute approximate surface area is 220 Å². The van der Waals surface area contributed by atoms with Crippen LogP contribution in [0.15, 0.2) is 85.0 Å². The molecule has 0 spiro atoms. The van der Waals surface area contributed by atoms with E-state index in [0.717, 1.165) is 48.8 Å². The van der Waals surface area contributed by atoms with Crippen molar-refractivity contribution in [3.63, 3.8) is 0 Å². The van der Waals surface area contributed by atoms with Gasteiger partial charge in [0.2, 0.25) is 0 Å². The van der Waals surface area contributed by atoms with Gasteiger partial charge < -0.3 is 14.2 Å². The number of hydrogen-bond acceptors (Lipinski definition) is 5. The highest BCUT2D eigenvalue weighted by molar-refractivity contribution is 5.83. The lowest BCUT2D eigenvalue weighted by molar-refractivity contribution is -0.179. The van der Waals surface area contributed by atoms with E-state index in [-0.39, 0.29) is 35.7 Å². The Kier molecular flexibility index (Phi) is 8.65. The van der Waals surface area contributed by atoms with Crippen molar-refractivity contribution < 1.29 is 23.8 Å². The Balaban J connectivity index is 1.26. The number of benzene rings is 2. The fourth-order valence-electron chi connectivity index (χ4n) is 5.46. The standard InChI is InChI=1S/C32H38O5/c1-5-26-27(35-31(26)34)19-13-12-14-22(2)21-32(4)30(37-32)23(3)20-28(33)36-29(24-15-8-6-9-16-24)25-17-10-7-11-18-25/h5-11,15-18,20,22,26-27,29-30H,1,12-14,19,21H2,2-4H3/b23-20-/t22-,26-,27-,30?,32?/m1/s1. The minimum atomic E-state index is -0.462. The summed E-state index contributed by atoms with van der Waals surface area (Å²) in [5.41, 5.74) is 2.51. The Hall–Kier alpha value is -3.18. The lowest BCUT2D eigenvalue weighted by Crippen LogP contribution is -2.43. The van der Waals surface area contributed by atoms with Crippen LogP contribution in [0.25, 0.3) is 0 Å². The second-order valence-electron chi connectivity index (χ2n) is 10.7. The molecule has 2 unspecified atom stereocenters. The second-order valence-corrected chi connectivity index (χ2v) is 10.7. The van der Waals surface area contributed by atoms with Crippen molar-refractivity contribution in [2.24, 2.45) is 11.8 Å². The number of carbonyl (C=O) groups is 2. The van der Waals surface area contributed by atoms with Crippen LogP contribution < -0.4 is 0 Å². The van der Waals surface area contributed by atoms with Crippen molar-refractivity contribution in [2.75, 3.05) is 0 Å². The number of ether oxygens (including phenoxy) is 3. The highest BCUT2D eigenvalue weighted by atomic mass is 16.6. The zero-order valence-corrected chi connectivity index (χ0v) is 22.1. The van der Waals surface area contributed by atoms with Gasteiger partial charge in [-0.1, -0.05) is 86.5 Å². The minimum absolute atomic E-state index is 0.00453. The smallest absolute Gasteiger partial charge is 0.331 e. The molecule has 4 rings (SSSR count). The summed E-state index contributed by atoms with van der Waals surface area (Å²) in [7, 11) is 0. The molecule has 0 aliphatic carbocycles. The molecule has 0 aromatic heterocycles. The fraction of sp³-hybridized carbons (Fsp3) is 0.438. The first-order chi connectivity index (χ1) is 17.8. The van der Waals surface area contributed by atoms with Crippen LogP contribution in [0.1, 0.15) is 70.1 Å². The summed E-state index contributed by atoms with van der Waals surface area (Å²) in [5.74, 6) is -0.152. The van der Waals surface area contributed by atoms with Crippen molar-refractivity contribution in [2.45, 2.75) is 76.8 Å². The van der Waals surface area contributed by atoms with E-state index in [1.165, 1.54) is 0 Å². The van der Waals surface area contributed by atoms with Gasteiger partial charge in [-0.15, -0.1) is 6.58 Å². The molecule has 5 atom stereocenters. The van der Waals surface area contributed by atoms with Crippen LogP contribution in [-0.2, 0) is 23.8 Å². The number of cyclic esters (lactones) is 1. The molecule has 5 nitrogen and oxygen atoms in total. The molecular weight excluding hydrogens is 464 g/mol. The molecule has 2 heterocycles. The molecule has 2 aliphatic rings. The van der Waals surface area contributed by atoms with E-state index >= 15 is 0 Å². The predicted molar refractivity (Wildman–Crippen MR) is 144 cm³/mol. The van der Waals surface area contributed by atoms with E-state index in [2.05, 4.69) is 20.4 Å². The molecule has 0 bridgehead atoms. The van der Waals surface area contributed by atoms with Crippen molar-refractivity contribution in [3.8, 4) is 0 Å². The van der Waals surface area contributed by atoms with Gasteiger partial charge in [0.05, 0.1) is 5.60 Å². The van der Waals surface area contributed by atoms with E-state index in [4.69, 9.17) is 14.2 Å². The predicted octanol–water partition coefficient (Wildman–Crippen LogP) is 6.74. The Morgan fingerprint density at radius 1 is 1.08 bits per heavy atom. The second kappa shape index (κ2) is 11.9. The molecule has 5 heteroatoms. The van der Waals surface area contributed by atoms with Crippen LogP contribution in [0.2, 0.25) is 0 Å². The van der Waals surface area contributed by atoms with E-state index in [1.807, 2.05) is 67.6 Å². The molecule has 2 aromatic carbocycles. The maximum absolute atomic E-state index is 12.9. The molecule has 2 aromatic rings. The van der Waals surface area contributed by atoms with Crippen molar-refractivity contribution in [1.29, 1.82) is 0 Å².